The Morgan fingerprint density at radius 1 is 1.21 bits per heavy atom. The fourth-order valence-electron chi connectivity index (χ4n) is 4.77. The number of carbonyl (C=O) groups is 2. The van der Waals surface area contributed by atoms with Gasteiger partial charge in [-0.3, -0.25) is 9.59 Å². The maximum Gasteiger partial charge on any atom is 0.242 e. The van der Waals surface area contributed by atoms with Crippen LogP contribution in [0.25, 0.3) is 0 Å². The van der Waals surface area contributed by atoms with Gasteiger partial charge < -0.3 is 14.4 Å². The van der Waals surface area contributed by atoms with Crippen molar-refractivity contribution >= 4 is 11.8 Å². The van der Waals surface area contributed by atoms with Gasteiger partial charge in [-0.1, -0.05) is 12.8 Å². The molecule has 2 amide bonds. The molecule has 6 nitrogen and oxygen atoms in total. The Bertz CT molecular complexity index is 609. The van der Waals surface area contributed by atoms with Crippen molar-refractivity contribution in [1.29, 1.82) is 0 Å². The van der Waals surface area contributed by atoms with Gasteiger partial charge in [0.1, 0.15) is 6.54 Å². The lowest BCUT2D eigenvalue weighted by molar-refractivity contribution is -0.148. The highest BCUT2D eigenvalue weighted by atomic mass is 16.2. The number of hydrogen-bond donors (Lipinski definition) is 0. The van der Waals surface area contributed by atoms with E-state index in [9.17, 15) is 9.59 Å². The quantitative estimate of drug-likeness (QED) is 0.847. The Balaban J connectivity index is 1.43. The van der Waals surface area contributed by atoms with Crippen LogP contribution >= 0.6 is 0 Å². The van der Waals surface area contributed by atoms with E-state index in [4.69, 9.17) is 0 Å². The SMILES string of the molecule is O=C(Cn1ccnc1)N1CCC2(CCCN(C3CCCC3)C2=O)C1. The van der Waals surface area contributed by atoms with Crippen LogP contribution in [0.3, 0.4) is 0 Å². The number of hydrogen-bond acceptors (Lipinski definition) is 3. The fourth-order valence-corrected chi connectivity index (χ4v) is 4.77. The smallest absolute Gasteiger partial charge is 0.242 e. The lowest BCUT2D eigenvalue weighted by Crippen LogP contribution is -2.53. The summed E-state index contributed by atoms with van der Waals surface area (Å²) < 4.78 is 1.79. The Hall–Kier alpha value is -1.85. The van der Waals surface area contributed by atoms with Crippen LogP contribution in [-0.2, 0) is 16.1 Å². The van der Waals surface area contributed by atoms with E-state index in [2.05, 4.69) is 9.88 Å². The van der Waals surface area contributed by atoms with Crippen molar-refractivity contribution < 1.29 is 9.59 Å². The normalized spacial score (nSPS) is 28.2. The number of piperidine rings is 1. The van der Waals surface area contributed by atoms with Crippen LogP contribution in [0.5, 0.6) is 0 Å². The average Bonchev–Trinajstić information content (AvgIpc) is 3.32. The summed E-state index contributed by atoms with van der Waals surface area (Å²) in [5, 5.41) is 0. The monoisotopic (exact) mass is 330 g/mol. The number of carbonyl (C=O) groups excluding carboxylic acids is 2. The number of imidazole rings is 1. The Morgan fingerprint density at radius 3 is 2.79 bits per heavy atom. The van der Waals surface area contributed by atoms with Gasteiger partial charge in [-0.05, 0) is 32.1 Å². The number of rotatable bonds is 3. The summed E-state index contributed by atoms with van der Waals surface area (Å²) >= 11 is 0. The Labute approximate surface area is 142 Å². The molecular weight excluding hydrogens is 304 g/mol. The second-order valence-electron chi connectivity index (χ2n) is 7.62. The second kappa shape index (κ2) is 6.22. The standard InChI is InChI=1S/C18H26N4O2/c23-16(12-20-11-8-19-14-20)21-10-7-18(13-21)6-3-9-22(17(18)24)15-4-1-2-5-15/h8,11,14-15H,1-7,9-10,12-13H2. The molecule has 0 bridgehead atoms. The lowest BCUT2D eigenvalue weighted by atomic mass is 9.77. The van der Waals surface area contributed by atoms with E-state index in [1.807, 2.05) is 4.90 Å². The molecule has 2 aliphatic heterocycles. The van der Waals surface area contributed by atoms with E-state index in [1.165, 1.54) is 12.8 Å². The van der Waals surface area contributed by atoms with Gasteiger partial charge in [0.25, 0.3) is 0 Å². The van der Waals surface area contributed by atoms with Crippen LogP contribution in [0.1, 0.15) is 44.9 Å². The van der Waals surface area contributed by atoms with Crippen LogP contribution in [0.4, 0.5) is 0 Å². The highest BCUT2D eigenvalue weighted by Crippen LogP contribution is 2.42. The van der Waals surface area contributed by atoms with E-state index in [1.54, 1.807) is 23.3 Å². The van der Waals surface area contributed by atoms with Gasteiger partial charge in [0.15, 0.2) is 0 Å². The minimum absolute atomic E-state index is 0.0932. The molecule has 130 valence electrons. The van der Waals surface area contributed by atoms with E-state index in [0.717, 1.165) is 38.6 Å². The third kappa shape index (κ3) is 2.72. The van der Waals surface area contributed by atoms with E-state index < -0.39 is 0 Å². The topological polar surface area (TPSA) is 58.4 Å². The zero-order valence-corrected chi connectivity index (χ0v) is 14.2. The van der Waals surface area contributed by atoms with Gasteiger partial charge in [0.2, 0.25) is 11.8 Å². The molecule has 3 fully saturated rings. The first kappa shape index (κ1) is 15.7. The molecule has 0 aromatic carbocycles. The van der Waals surface area contributed by atoms with E-state index in [-0.39, 0.29) is 11.3 Å². The average molecular weight is 330 g/mol. The van der Waals surface area contributed by atoms with Crippen molar-refractivity contribution in [2.45, 2.75) is 57.5 Å². The molecule has 1 atom stereocenters. The first-order chi connectivity index (χ1) is 11.7. The predicted molar refractivity (Wildman–Crippen MR) is 89.1 cm³/mol. The van der Waals surface area contributed by atoms with Crippen LogP contribution in [0.2, 0.25) is 0 Å². The third-order valence-corrected chi connectivity index (χ3v) is 6.12. The number of amides is 2. The Kier molecular flexibility index (Phi) is 4.06. The van der Waals surface area contributed by atoms with Gasteiger partial charge in [0, 0.05) is 38.1 Å². The van der Waals surface area contributed by atoms with Crippen molar-refractivity contribution in [3.63, 3.8) is 0 Å². The number of nitrogens with zero attached hydrogens (tertiary/aromatic N) is 4. The zero-order chi connectivity index (χ0) is 16.6. The summed E-state index contributed by atoms with van der Waals surface area (Å²) in [6.07, 6.45) is 12.8. The van der Waals surface area contributed by atoms with Crippen LogP contribution < -0.4 is 0 Å². The van der Waals surface area contributed by atoms with E-state index >= 15 is 0 Å². The molecule has 2 saturated heterocycles. The molecule has 0 N–H and O–H groups in total. The van der Waals surface area contributed by atoms with Crippen LogP contribution in [-0.4, -0.2) is 56.8 Å². The summed E-state index contributed by atoms with van der Waals surface area (Å²) in [5.41, 5.74) is -0.314. The lowest BCUT2D eigenvalue weighted by Gasteiger charge is -2.42. The molecule has 1 saturated carbocycles. The second-order valence-corrected chi connectivity index (χ2v) is 7.62. The molecule has 1 aromatic heterocycles. The Morgan fingerprint density at radius 2 is 2.04 bits per heavy atom. The maximum absolute atomic E-state index is 13.2. The summed E-state index contributed by atoms with van der Waals surface area (Å²) in [7, 11) is 0. The number of likely N-dealkylation sites (tertiary alicyclic amines) is 2. The molecule has 1 aromatic rings. The van der Waals surface area contributed by atoms with Crippen molar-refractivity contribution in [1.82, 2.24) is 19.4 Å². The highest BCUT2D eigenvalue weighted by molar-refractivity contribution is 5.86. The molecule has 1 unspecified atom stereocenters. The maximum atomic E-state index is 13.2. The van der Waals surface area contributed by atoms with Gasteiger partial charge in [-0.2, -0.15) is 0 Å². The molecule has 0 radical (unpaired) electrons. The largest absolute Gasteiger partial charge is 0.340 e. The minimum atomic E-state index is -0.314. The summed E-state index contributed by atoms with van der Waals surface area (Å²) in [4.78, 5) is 33.8. The first-order valence-corrected chi connectivity index (χ1v) is 9.23. The van der Waals surface area contributed by atoms with Crippen LogP contribution in [0, 0.1) is 5.41 Å². The molecule has 4 rings (SSSR count). The fraction of sp³-hybridized carbons (Fsp3) is 0.722. The summed E-state index contributed by atoms with van der Waals surface area (Å²) in [6.45, 7) is 2.53. The first-order valence-electron chi connectivity index (χ1n) is 9.23. The van der Waals surface area contributed by atoms with E-state index in [0.29, 0.717) is 31.6 Å². The van der Waals surface area contributed by atoms with Gasteiger partial charge in [0.05, 0.1) is 11.7 Å². The molecule has 3 heterocycles. The molecular formula is C18H26N4O2. The van der Waals surface area contributed by atoms with Gasteiger partial charge >= 0.3 is 0 Å². The molecule has 6 heteroatoms. The number of aromatic nitrogens is 2. The van der Waals surface area contributed by atoms with Crippen molar-refractivity contribution in [3.8, 4) is 0 Å². The zero-order valence-electron chi connectivity index (χ0n) is 14.2. The van der Waals surface area contributed by atoms with Gasteiger partial charge in [-0.15, -0.1) is 0 Å². The van der Waals surface area contributed by atoms with Gasteiger partial charge in [-0.25, -0.2) is 4.98 Å². The predicted octanol–water partition coefficient (Wildman–Crippen LogP) is 1.67. The highest BCUT2D eigenvalue weighted by Gasteiger charge is 2.50. The van der Waals surface area contributed by atoms with Crippen molar-refractivity contribution in [2.24, 2.45) is 5.41 Å². The molecule has 1 spiro atoms. The molecule has 3 aliphatic rings. The third-order valence-electron chi connectivity index (χ3n) is 6.12. The van der Waals surface area contributed by atoms with Crippen molar-refractivity contribution in [2.75, 3.05) is 19.6 Å². The molecule has 24 heavy (non-hydrogen) atoms. The minimum Gasteiger partial charge on any atom is -0.340 e. The molecule has 1 aliphatic carbocycles. The van der Waals surface area contributed by atoms with Crippen molar-refractivity contribution in [3.05, 3.63) is 18.7 Å². The van der Waals surface area contributed by atoms with Crippen LogP contribution in [0.15, 0.2) is 18.7 Å². The summed E-state index contributed by atoms with van der Waals surface area (Å²) in [6, 6.07) is 0.449. The summed E-state index contributed by atoms with van der Waals surface area (Å²) in [5.74, 6) is 0.411.